The van der Waals surface area contributed by atoms with E-state index in [0.717, 1.165) is 31.2 Å². The lowest BCUT2D eigenvalue weighted by Gasteiger charge is -2.33. The molecule has 0 N–H and O–H groups in total. The van der Waals surface area contributed by atoms with Crippen molar-refractivity contribution < 1.29 is 13.2 Å². The van der Waals surface area contributed by atoms with Crippen LogP contribution in [0.5, 0.6) is 5.75 Å². The number of hydrogen-bond acceptors (Lipinski definition) is 3. The number of rotatable bonds is 6. The Morgan fingerprint density at radius 3 is 2.20 bits per heavy atom. The molecule has 25 heavy (non-hydrogen) atoms. The molecule has 1 saturated carbocycles. The van der Waals surface area contributed by atoms with Gasteiger partial charge in [0.25, 0.3) is 0 Å². The van der Waals surface area contributed by atoms with Crippen molar-refractivity contribution >= 4 is 9.84 Å². The predicted molar refractivity (Wildman–Crippen MR) is 100 cm³/mol. The average molecular weight is 359 g/mol. The molecule has 0 atom stereocenters. The van der Waals surface area contributed by atoms with Crippen LogP contribution in [-0.2, 0) is 16.4 Å². The largest absolute Gasteiger partial charge is 0.489 e. The Balaban J connectivity index is 1.64. The van der Waals surface area contributed by atoms with E-state index >= 15 is 0 Å². The lowest BCUT2D eigenvalue weighted by atomic mass is 9.77. The molecule has 4 heteroatoms. The number of hydrogen-bond donors (Lipinski definition) is 0. The van der Waals surface area contributed by atoms with Gasteiger partial charge in [0.05, 0.1) is 10.6 Å². The van der Waals surface area contributed by atoms with E-state index in [2.05, 4.69) is 6.92 Å². The van der Waals surface area contributed by atoms with Crippen molar-refractivity contribution in [3.05, 3.63) is 60.2 Å². The summed E-state index contributed by atoms with van der Waals surface area (Å²) < 4.78 is 31.2. The van der Waals surface area contributed by atoms with Crippen molar-refractivity contribution in [3.63, 3.8) is 0 Å². The smallest absolute Gasteiger partial charge is 0.178 e. The molecule has 1 aliphatic carbocycles. The molecule has 134 valence electrons. The van der Waals surface area contributed by atoms with Gasteiger partial charge in [0.1, 0.15) is 12.4 Å². The SMILES string of the molecule is CC1(CS(=O)(=O)c2ccc(OCc3ccccc3)cc2)CCCCC1. The van der Waals surface area contributed by atoms with Crippen LogP contribution in [0, 0.1) is 5.41 Å². The molecule has 0 bridgehead atoms. The fourth-order valence-electron chi connectivity index (χ4n) is 3.58. The Labute approximate surface area is 151 Å². The number of benzene rings is 2. The van der Waals surface area contributed by atoms with Gasteiger partial charge in [0.15, 0.2) is 9.84 Å². The van der Waals surface area contributed by atoms with Gasteiger partial charge < -0.3 is 4.74 Å². The van der Waals surface area contributed by atoms with Gasteiger partial charge in [0.2, 0.25) is 0 Å². The van der Waals surface area contributed by atoms with E-state index in [1.165, 1.54) is 6.42 Å². The summed E-state index contributed by atoms with van der Waals surface area (Å²) in [5.41, 5.74) is 1.00. The fourth-order valence-corrected chi connectivity index (χ4v) is 5.50. The van der Waals surface area contributed by atoms with Crippen LogP contribution in [-0.4, -0.2) is 14.2 Å². The van der Waals surface area contributed by atoms with Crippen molar-refractivity contribution in [2.75, 3.05) is 5.75 Å². The molecule has 0 spiro atoms. The first-order chi connectivity index (χ1) is 12.0. The zero-order valence-electron chi connectivity index (χ0n) is 14.8. The van der Waals surface area contributed by atoms with Gasteiger partial charge in [-0.05, 0) is 48.1 Å². The molecule has 0 unspecified atom stereocenters. The Morgan fingerprint density at radius 1 is 0.920 bits per heavy atom. The molecule has 0 aliphatic heterocycles. The molecule has 0 saturated heterocycles. The zero-order chi connectivity index (χ0) is 17.8. The van der Waals surface area contributed by atoms with Gasteiger partial charge in [0, 0.05) is 0 Å². The topological polar surface area (TPSA) is 43.4 Å². The molecule has 3 rings (SSSR count). The molecule has 0 radical (unpaired) electrons. The van der Waals surface area contributed by atoms with Gasteiger partial charge >= 0.3 is 0 Å². The van der Waals surface area contributed by atoms with Crippen LogP contribution in [0.3, 0.4) is 0 Å². The first kappa shape index (κ1) is 18.0. The third-order valence-electron chi connectivity index (χ3n) is 5.03. The van der Waals surface area contributed by atoms with E-state index in [1.807, 2.05) is 30.3 Å². The van der Waals surface area contributed by atoms with E-state index in [1.54, 1.807) is 24.3 Å². The van der Waals surface area contributed by atoms with Gasteiger partial charge in [-0.25, -0.2) is 8.42 Å². The minimum absolute atomic E-state index is 0.0838. The third kappa shape index (κ3) is 4.85. The highest BCUT2D eigenvalue weighted by Crippen LogP contribution is 2.38. The maximum absolute atomic E-state index is 12.8. The normalized spacial score (nSPS) is 17.2. The van der Waals surface area contributed by atoms with Gasteiger partial charge in [-0.1, -0.05) is 56.5 Å². The molecule has 1 aliphatic rings. The molecule has 0 amide bonds. The Hall–Kier alpha value is -1.81. The zero-order valence-corrected chi connectivity index (χ0v) is 15.6. The minimum Gasteiger partial charge on any atom is -0.489 e. The standard InChI is InChI=1S/C21H26O3S/c1-21(14-6-3-7-15-21)17-25(22,23)20-12-10-19(11-13-20)24-16-18-8-4-2-5-9-18/h2,4-5,8-13H,3,6-7,14-17H2,1H3. The number of sulfone groups is 1. The molecule has 2 aromatic carbocycles. The lowest BCUT2D eigenvalue weighted by Crippen LogP contribution is -2.29. The van der Waals surface area contributed by atoms with Crippen molar-refractivity contribution in [1.82, 2.24) is 0 Å². The molecule has 2 aromatic rings. The molecular formula is C21H26O3S. The van der Waals surface area contributed by atoms with Crippen molar-refractivity contribution in [2.45, 2.75) is 50.5 Å². The summed E-state index contributed by atoms with van der Waals surface area (Å²) in [4.78, 5) is 0.395. The maximum Gasteiger partial charge on any atom is 0.178 e. The Morgan fingerprint density at radius 2 is 1.56 bits per heavy atom. The fraction of sp³-hybridized carbons (Fsp3) is 0.429. The van der Waals surface area contributed by atoms with Crippen LogP contribution in [0.1, 0.15) is 44.6 Å². The molecular weight excluding hydrogens is 332 g/mol. The minimum atomic E-state index is -3.26. The second-order valence-corrected chi connectivity index (χ2v) is 9.37. The maximum atomic E-state index is 12.8. The molecule has 0 heterocycles. The molecule has 3 nitrogen and oxygen atoms in total. The van der Waals surface area contributed by atoms with E-state index < -0.39 is 9.84 Å². The van der Waals surface area contributed by atoms with Gasteiger partial charge in [-0.3, -0.25) is 0 Å². The van der Waals surface area contributed by atoms with E-state index in [-0.39, 0.29) is 11.2 Å². The highest BCUT2D eigenvalue weighted by Gasteiger charge is 2.33. The summed E-state index contributed by atoms with van der Waals surface area (Å²) in [6, 6.07) is 16.8. The summed E-state index contributed by atoms with van der Waals surface area (Å²) in [5, 5.41) is 0. The summed E-state index contributed by atoms with van der Waals surface area (Å²) in [7, 11) is -3.26. The van der Waals surface area contributed by atoms with Crippen LogP contribution < -0.4 is 4.74 Å². The summed E-state index contributed by atoms with van der Waals surface area (Å²) in [5.74, 6) is 0.927. The summed E-state index contributed by atoms with van der Waals surface area (Å²) in [6.07, 6.45) is 5.51. The van der Waals surface area contributed by atoms with Crippen molar-refractivity contribution in [1.29, 1.82) is 0 Å². The van der Waals surface area contributed by atoms with Crippen LogP contribution in [0.4, 0.5) is 0 Å². The van der Waals surface area contributed by atoms with E-state index in [9.17, 15) is 8.42 Å². The predicted octanol–water partition coefficient (Wildman–Crippen LogP) is 5.01. The summed E-state index contributed by atoms with van der Waals surface area (Å²) >= 11 is 0. The van der Waals surface area contributed by atoms with Crippen LogP contribution in [0.15, 0.2) is 59.5 Å². The monoisotopic (exact) mass is 358 g/mol. The molecule has 0 aromatic heterocycles. The van der Waals surface area contributed by atoms with E-state index in [4.69, 9.17) is 4.74 Å². The van der Waals surface area contributed by atoms with Crippen LogP contribution >= 0.6 is 0 Å². The third-order valence-corrected chi connectivity index (χ3v) is 7.10. The van der Waals surface area contributed by atoms with Crippen LogP contribution in [0.25, 0.3) is 0 Å². The first-order valence-electron chi connectivity index (χ1n) is 8.97. The highest BCUT2D eigenvalue weighted by atomic mass is 32.2. The Bertz CT molecular complexity index is 774. The van der Waals surface area contributed by atoms with Gasteiger partial charge in [-0.15, -0.1) is 0 Å². The van der Waals surface area contributed by atoms with Crippen LogP contribution in [0.2, 0.25) is 0 Å². The second kappa shape index (κ2) is 7.61. The quantitative estimate of drug-likeness (QED) is 0.729. The van der Waals surface area contributed by atoms with Crippen molar-refractivity contribution in [3.8, 4) is 5.75 Å². The molecule has 1 fully saturated rings. The average Bonchev–Trinajstić information content (AvgIpc) is 2.61. The van der Waals surface area contributed by atoms with Gasteiger partial charge in [-0.2, -0.15) is 0 Å². The second-order valence-electron chi connectivity index (χ2n) is 7.38. The Kier molecular flexibility index (Phi) is 5.48. The van der Waals surface area contributed by atoms with E-state index in [0.29, 0.717) is 17.3 Å². The lowest BCUT2D eigenvalue weighted by molar-refractivity contribution is 0.247. The highest BCUT2D eigenvalue weighted by molar-refractivity contribution is 7.91. The first-order valence-corrected chi connectivity index (χ1v) is 10.6. The number of ether oxygens (including phenoxy) is 1. The van der Waals surface area contributed by atoms with Crippen molar-refractivity contribution in [2.24, 2.45) is 5.41 Å². The summed E-state index contributed by atoms with van der Waals surface area (Å²) in [6.45, 7) is 2.59.